The summed E-state index contributed by atoms with van der Waals surface area (Å²) in [6, 6.07) is 3.55. The van der Waals surface area contributed by atoms with Crippen molar-refractivity contribution in [2.75, 3.05) is 19.6 Å². The van der Waals surface area contributed by atoms with E-state index in [-0.39, 0.29) is 5.91 Å². The Bertz CT molecular complexity index is 313. The molecule has 1 amide bonds. The third kappa shape index (κ3) is 3.62. The Kier molecular flexibility index (Phi) is 5.50. The van der Waals surface area contributed by atoms with Gasteiger partial charge in [-0.1, -0.05) is 13.3 Å². The van der Waals surface area contributed by atoms with E-state index in [1.807, 2.05) is 0 Å². The molecule has 0 aliphatic rings. The second-order valence-corrected chi connectivity index (χ2v) is 3.68. The third-order valence-corrected chi connectivity index (χ3v) is 2.38. The second kappa shape index (κ2) is 6.95. The molecule has 0 atom stereocenters. The van der Waals surface area contributed by atoms with Crippen LogP contribution < -0.4 is 5.73 Å². The van der Waals surface area contributed by atoms with Gasteiger partial charge in [0.15, 0.2) is 0 Å². The van der Waals surface area contributed by atoms with E-state index >= 15 is 0 Å². The molecule has 1 rings (SSSR count). The fraction of sp³-hybridized carbons (Fsp3) is 0.500. The van der Waals surface area contributed by atoms with Gasteiger partial charge in [-0.2, -0.15) is 0 Å². The normalized spacial score (nSPS) is 10.1. The molecule has 88 valence electrons. The quantitative estimate of drug-likeness (QED) is 0.787. The number of aromatic nitrogens is 1. The zero-order valence-electron chi connectivity index (χ0n) is 9.72. The van der Waals surface area contributed by atoms with Crippen molar-refractivity contribution < 1.29 is 4.79 Å². The Morgan fingerprint density at radius 1 is 1.50 bits per heavy atom. The van der Waals surface area contributed by atoms with Crippen LogP contribution in [0.5, 0.6) is 0 Å². The number of hydrogen-bond acceptors (Lipinski definition) is 3. The Hall–Kier alpha value is -1.42. The monoisotopic (exact) mass is 221 g/mol. The molecular weight excluding hydrogens is 202 g/mol. The van der Waals surface area contributed by atoms with Crippen molar-refractivity contribution in [1.29, 1.82) is 0 Å². The lowest BCUT2D eigenvalue weighted by molar-refractivity contribution is 0.0757. The van der Waals surface area contributed by atoms with Crippen LogP contribution in [0.2, 0.25) is 0 Å². The van der Waals surface area contributed by atoms with E-state index < -0.39 is 0 Å². The first-order chi connectivity index (χ1) is 7.79. The van der Waals surface area contributed by atoms with Crippen molar-refractivity contribution in [1.82, 2.24) is 9.88 Å². The second-order valence-electron chi connectivity index (χ2n) is 3.68. The highest BCUT2D eigenvalue weighted by atomic mass is 16.2. The molecule has 4 heteroatoms. The Morgan fingerprint density at radius 2 is 2.31 bits per heavy atom. The molecule has 0 saturated heterocycles. The van der Waals surface area contributed by atoms with Crippen molar-refractivity contribution in [2.24, 2.45) is 5.73 Å². The summed E-state index contributed by atoms with van der Waals surface area (Å²) in [5.41, 5.74) is 6.14. The maximum atomic E-state index is 12.1. The lowest BCUT2D eigenvalue weighted by atomic mass is 10.2. The van der Waals surface area contributed by atoms with Gasteiger partial charge in [-0.05, 0) is 18.6 Å². The van der Waals surface area contributed by atoms with Gasteiger partial charge in [0.1, 0.15) is 0 Å². The van der Waals surface area contributed by atoms with Gasteiger partial charge in [0, 0.05) is 32.0 Å². The van der Waals surface area contributed by atoms with Crippen molar-refractivity contribution in [3.63, 3.8) is 0 Å². The predicted octanol–water partition coefficient (Wildman–Crippen LogP) is 1.28. The highest BCUT2D eigenvalue weighted by Crippen LogP contribution is 2.04. The SMILES string of the molecule is CCCCN(CCN)C(=O)c1cccnc1. The first-order valence-electron chi connectivity index (χ1n) is 5.69. The smallest absolute Gasteiger partial charge is 0.255 e. The summed E-state index contributed by atoms with van der Waals surface area (Å²) in [7, 11) is 0. The molecule has 1 aromatic rings. The molecule has 0 aliphatic carbocycles. The van der Waals surface area contributed by atoms with Gasteiger partial charge in [0.05, 0.1) is 5.56 Å². The topological polar surface area (TPSA) is 59.2 Å². The summed E-state index contributed by atoms with van der Waals surface area (Å²) in [6.45, 7) is 3.97. The van der Waals surface area contributed by atoms with E-state index in [0.29, 0.717) is 18.7 Å². The molecule has 0 fully saturated rings. The molecular formula is C12H19N3O. The maximum Gasteiger partial charge on any atom is 0.255 e. The van der Waals surface area contributed by atoms with Crippen LogP contribution in [0.3, 0.4) is 0 Å². The van der Waals surface area contributed by atoms with Crippen molar-refractivity contribution in [3.8, 4) is 0 Å². The Morgan fingerprint density at radius 3 is 2.88 bits per heavy atom. The summed E-state index contributed by atoms with van der Waals surface area (Å²) in [5.74, 6) is 0.0204. The minimum absolute atomic E-state index is 0.0204. The van der Waals surface area contributed by atoms with Crippen molar-refractivity contribution in [2.45, 2.75) is 19.8 Å². The molecule has 0 unspecified atom stereocenters. The molecule has 0 aliphatic heterocycles. The zero-order valence-corrected chi connectivity index (χ0v) is 9.72. The predicted molar refractivity (Wildman–Crippen MR) is 64.1 cm³/mol. The van der Waals surface area contributed by atoms with E-state index in [0.717, 1.165) is 19.4 Å². The van der Waals surface area contributed by atoms with Crippen LogP contribution in [0.4, 0.5) is 0 Å². The number of unbranched alkanes of at least 4 members (excludes halogenated alkanes) is 1. The molecule has 0 radical (unpaired) electrons. The fourth-order valence-electron chi connectivity index (χ4n) is 1.49. The number of amides is 1. The van der Waals surface area contributed by atoms with Crippen LogP contribution in [-0.2, 0) is 0 Å². The lowest BCUT2D eigenvalue weighted by Gasteiger charge is -2.21. The number of nitrogens with two attached hydrogens (primary N) is 1. The number of carbonyl (C=O) groups is 1. The van der Waals surface area contributed by atoms with E-state index in [4.69, 9.17) is 5.73 Å². The van der Waals surface area contributed by atoms with Gasteiger partial charge >= 0.3 is 0 Å². The molecule has 2 N–H and O–H groups in total. The van der Waals surface area contributed by atoms with Gasteiger partial charge in [-0.15, -0.1) is 0 Å². The van der Waals surface area contributed by atoms with Crippen LogP contribution in [-0.4, -0.2) is 35.4 Å². The van der Waals surface area contributed by atoms with E-state index in [2.05, 4.69) is 11.9 Å². The Balaban J connectivity index is 2.67. The average molecular weight is 221 g/mol. The summed E-state index contributed by atoms with van der Waals surface area (Å²) in [5, 5.41) is 0. The molecule has 0 bridgehead atoms. The van der Waals surface area contributed by atoms with Gasteiger partial charge in [0.25, 0.3) is 5.91 Å². The molecule has 1 heterocycles. The van der Waals surface area contributed by atoms with Gasteiger partial charge in [-0.3, -0.25) is 9.78 Å². The zero-order chi connectivity index (χ0) is 11.8. The molecule has 0 saturated carbocycles. The first-order valence-corrected chi connectivity index (χ1v) is 5.69. The van der Waals surface area contributed by atoms with Gasteiger partial charge < -0.3 is 10.6 Å². The van der Waals surface area contributed by atoms with Crippen LogP contribution in [0, 0.1) is 0 Å². The largest absolute Gasteiger partial charge is 0.337 e. The van der Waals surface area contributed by atoms with E-state index in [1.54, 1.807) is 29.4 Å². The number of hydrogen-bond donors (Lipinski definition) is 1. The van der Waals surface area contributed by atoms with E-state index in [1.165, 1.54) is 0 Å². The standard InChI is InChI=1S/C12H19N3O/c1-2-3-8-15(9-6-13)12(16)11-5-4-7-14-10-11/h4-5,7,10H,2-3,6,8-9,13H2,1H3. The summed E-state index contributed by atoms with van der Waals surface area (Å²) >= 11 is 0. The van der Waals surface area contributed by atoms with Crippen molar-refractivity contribution in [3.05, 3.63) is 30.1 Å². The highest BCUT2D eigenvalue weighted by molar-refractivity contribution is 5.93. The fourth-order valence-corrected chi connectivity index (χ4v) is 1.49. The van der Waals surface area contributed by atoms with Crippen LogP contribution in [0.25, 0.3) is 0 Å². The van der Waals surface area contributed by atoms with Crippen molar-refractivity contribution >= 4 is 5.91 Å². The minimum atomic E-state index is 0.0204. The highest BCUT2D eigenvalue weighted by Gasteiger charge is 2.13. The molecule has 4 nitrogen and oxygen atoms in total. The molecule has 16 heavy (non-hydrogen) atoms. The Labute approximate surface area is 96.5 Å². The summed E-state index contributed by atoms with van der Waals surface area (Å²) in [4.78, 5) is 17.8. The molecule has 0 spiro atoms. The molecule has 0 aromatic carbocycles. The maximum absolute atomic E-state index is 12.1. The number of rotatable bonds is 6. The van der Waals surface area contributed by atoms with Gasteiger partial charge in [-0.25, -0.2) is 0 Å². The number of nitrogens with zero attached hydrogens (tertiary/aromatic N) is 2. The van der Waals surface area contributed by atoms with Crippen LogP contribution in [0.15, 0.2) is 24.5 Å². The third-order valence-electron chi connectivity index (χ3n) is 2.38. The number of pyridine rings is 1. The summed E-state index contributed by atoms with van der Waals surface area (Å²) in [6.07, 6.45) is 5.33. The lowest BCUT2D eigenvalue weighted by Crippen LogP contribution is -2.36. The van der Waals surface area contributed by atoms with Crippen LogP contribution >= 0.6 is 0 Å². The first kappa shape index (κ1) is 12.6. The van der Waals surface area contributed by atoms with Crippen LogP contribution in [0.1, 0.15) is 30.1 Å². The minimum Gasteiger partial charge on any atom is -0.337 e. The molecule has 1 aromatic heterocycles. The number of carbonyl (C=O) groups excluding carboxylic acids is 1. The average Bonchev–Trinajstić information content (AvgIpc) is 2.35. The van der Waals surface area contributed by atoms with Gasteiger partial charge in [0.2, 0.25) is 0 Å². The van der Waals surface area contributed by atoms with E-state index in [9.17, 15) is 4.79 Å². The summed E-state index contributed by atoms with van der Waals surface area (Å²) < 4.78 is 0.